The van der Waals surface area contributed by atoms with Crippen LogP contribution in [0.4, 0.5) is 14.5 Å². The summed E-state index contributed by atoms with van der Waals surface area (Å²) in [7, 11) is -4.27. The number of aromatic nitrogens is 1. The summed E-state index contributed by atoms with van der Waals surface area (Å²) in [4.78, 5) is 14.7. The van der Waals surface area contributed by atoms with Crippen molar-refractivity contribution in [3.63, 3.8) is 0 Å². The van der Waals surface area contributed by atoms with Crippen LogP contribution < -0.4 is 10.3 Å². The zero-order valence-electron chi connectivity index (χ0n) is 18.5. The summed E-state index contributed by atoms with van der Waals surface area (Å²) >= 11 is 5.99. The molecule has 0 saturated carbocycles. The van der Waals surface area contributed by atoms with Gasteiger partial charge in [-0.1, -0.05) is 29.8 Å². The highest BCUT2D eigenvalue weighted by Crippen LogP contribution is 2.30. The highest BCUT2D eigenvalue weighted by atomic mass is 35.5. The monoisotopic (exact) mass is 514 g/mol. The van der Waals surface area contributed by atoms with Gasteiger partial charge in [-0.05, 0) is 60.9 Å². The maximum Gasteiger partial charge on any atom is 0.211 e. The van der Waals surface area contributed by atoms with E-state index in [-0.39, 0.29) is 21.8 Å². The molecular formula is C26H21ClF2N2O3S. The number of sulfone groups is 1. The van der Waals surface area contributed by atoms with Gasteiger partial charge in [-0.2, -0.15) is 0 Å². The molecule has 5 rings (SSSR count). The van der Waals surface area contributed by atoms with Crippen LogP contribution in [0.25, 0.3) is 10.9 Å². The molecule has 1 aromatic heterocycles. The van der Waals surface area contributed by atoms with Gasteiger partial charge in [-0.15, -0.1) is 0 Å². The van der Waals surface area contributed by atoms with Gasteiger partial charge in [0.25, 0.3) is 0 Å². The molecule has 0 atom stereocenters. The Hall–Kier alpha value is -3.23. The quantitative estimate of drug-likeness (QED) is 0.357. The number of pyridine rings is 1. The van der Waals surface area contributed by atoms with Gasteiger partial charge in [0, 0.05) is 30.9 Å². The highest BCUT2D eigenvalue weighted by Gasteiger charge is 2.26. The van der Waals surface area contributed by atoms with Crippen LogP contribution in [0, 0.1) is 11.6 Å². The van der Waals surface area contributed by atoms with E-state index in [4.69, 9.17) is 11.6 Å². The molecule has 4 aromatic rings. The Morgan fingerprint density at radius 1 is 0.943 bits per heavy atom. The van der Waals surface area contributed by atoms with E-state index >= 15 is 4.39 Å². The number of rotatable bonds is 5. The second-order valence-electron chi connectivity index (χ2n) is 8.56. The molecule has 0 unspecified atom stereocenters. The minimum atomic E-state index is -4.27. The molecule has 5 nitrogen and oxygen atoms in total. The van der Waals surface area contributed by atoms with Gasteiger partial charge in [0.15, 0.2) is 0 Å². The second kappa shape index (κ2) is 9.09. The first-order valence-electron chi connectivity index (χ1n) is 11.1. The van der Waals surface area contributed by atoms with E-state index in [1.165, 1.54) is 42.6 Å². The molecule has 1 saturated heterocycles. The fraction of sp³-hybridized carbons (Fsp3) is 0.192. The van der Waals surface area contributed by atoms with Crippen LogP contribution in [0.1, 0.15) is 18.4 Å². The van der Waals surface area contributed by atoms with Gasteiger partial charge < -0.3 is 9.47 Å². The lowest BCUT2D eigenvalue weighted by Gasteiger charge is -2.21. The molecule has 0 amide bonds. The molecule has 0 aliphatic carbocycles. The van der Waals surface area contributed by atoms with Crippen molar-refractivity contribution < 1.29 is 17.2 Å². The van der Waals surface area contributed by atoms with Crippen molar-refractivity contribution in [3.8, 4) is 0 Å². The van der Waals surface area contributed by atoms with E-state index in [1.807, 2.05) is 4.90 Å². The smallest absolute Gasteiger partial charge is 0.211 e. The zero-order valence-corrected chi connectivity index (χ0v) is 20.1. The number of anilines is 1. The summed E-state index contributed by atoms with van der Waals surface area (Å²) < 4.78 is 57.5. The fourth-order valence-corrected chi connectivity index (χ4v) is 6.16. The molecule has 3 aromatic carbocycles. The molecule has 0 N–H and O–H groups in total. The molecule has 1 aliphatic rings. The molecule has 0 radical (unpaired) electrons. The Morgan fingerprint density at radius 3 is 2.40 bits per heavy atom. The lowest BCUT2D eigenvalue weighted by atomic mass is 10.1. The van der Waals surface area contributed by atoms with E-state index < -0.39 is 31.8 Å². The average Bonchev–Trinajstić information content (AvgIpc) is 3.35. The van der Waals surface area contributed by atoms with Crippen LogP contribution in [0.15, 0.2) is 81.4 Å². The lowest BCUT2D eigenvalue weighted by Crippen LogP contribution is -2.22. The van der Waals surface area contributed by atoms with Crippen molar-refractivity contribution in [2.45, 2.75) is 29.2 Å². The minimum Gasteiger partial charge on any atom is -0.369 e. The first-order valence-corrected chi connectivity index (χ1v) is 13.0. The van der Waals surface area contributed by atoms with Gasteiger partial charge in [0.1, 0.15) is 16.5 Å². The fourth-order valence-electron chi connectivity index (χ4n) is 4.49. The Morgan fingerprint density at radius 2 is 1.69 bits per heavy atom. The van der Waals surface area contributed by atoms with Gasteiger partial charge in [-0.25, -0.2) is 17.2 Å². The highest BCUT2D eigenvalue weighted by molar-refractivity contribution is 7.91. The SMILES string of the molecule is O=c1c(S(=O)(=O)c2cccc(Cl)c2)cn(Cc2cccc(F)c2)c2cc(N3CCCC3)c(F)cc12. The zero-order chi connectivity index (χ0) is 24.7. The normalized spacial score (nSPS) is 14.1. The first kappa shape index (κ1) is 23.5. The number of halogens is 3. The predicted molar refractivity (Wildman–Crippen MR) is 132 cm³/mol. The van der Waals surface area contributed by atoms with Gasteiger partial charge in [-0.3, -0.25) is 4.79 Å². The molecule has 1 fully saturated rings. The van der Waals surface area contributed by atoms with Gasteiger partial charge >= 0.3 is 0 Å². The standard InChI is InChI=1S/C26H21ClF2N2O3S/c27-18-6-4-8-20(12-18)35(33,34)25-16-31(15-17-5-3-7-19(28)11-17)23-14-24(30-9-1-2-10-30)22(29)13-21(23)26(25)32/h3-8,11-14,16H,1-2,9-10,15H2. The van der Waals surface area contributed by atoms with Gasteiger partial charge in [0.2, 0.25) is 15.3 Å². The largest absolute Gasteiger partial charge is 0.369 e. The molecule has 2 heterocycles. The van der Waals surface area contributed by atoms with Crippen molar-refractivity contribution in [3.05, 3.63) is 99.3 Å². The molecule has 9 heteroatoms. The van der Waals surface area contributed by atoms with E-state index in [0.29, 0.717) is 29.9 Å². The predicted octanol–water partition coefficient (Wildman–Crippen LogP) is 5.41. The number of benzene rings is 3. The Labute approximate surface area is 206 Å². The van der Waals surface area contributed by atoms with Gasteiger partial charge in [0.05, 0.1) is 21.5 Å². The topological polar surface area (TPSA) is 59.4 Å². The lowest BCUT2D eigenvalue weighted by molar-refractivity contribution is 0.593. The van der Waals surface area contributed by atoms with Crippen LogP contribution >= 0.6 is 11.6 Å². The Balaban J connectivity index is 1.77. The van der Waals surface area contributed by atoms with Crippen LogP contribution in [0.5, 0.6) is 0 Å². The molecule has 180 valence electrons. The number of hydrogen-bond donors (Lipinski definition) is 0. The van der Waals surface area contributed by atoms with Crippen molar-refractivity contribution in [1.82, 2.24) is 4.57 Å². The molecule has 1 aliphatic heterocycles. The molecule has 0 bridgehead atoms. The third kappa shape index (κ3) is 4.44. The summed E-state index contributed by atoms with van der Waals surface area (Å²) in [6.07, 6.45) is 3.12. The maximum atomic E-state index is 15.2. The van der Waals surface area contributed by atoms with E-state index in [0.717, 1.165) is 18.9 Å². The summed E-state index contributed by atoms with van der Waals surface area (Å²) in [6, 6.07) is 14.2. The number of hydrogen-bond acceptors (Lipinski definition) is 4. The van der Waals surface area contributed by atoms with Crippen LogP contribution in [-0.4, -0.2) is 26.1 Å². The third-order valence-electron chi connectivity index (χ3n) is 6.20. The Kier molecular flexibility index (Phi) is 6.11. The van der Waals surface area contributed by atoms with Crippen molar-refractivity contribution >= 4 is 38.0 Å². The van der Waals surface area contributed by atoms with E-state index in [2.05, 4.69) is 0 Å². The van der Waals surface area contributed by atoms with Crippen molar-refractivity contribution in [2.24, 2.45) is 0 Å². The van der Waals surface area contributed by atoms with Crippen molar-refractivity contribution in [2.75, 3.05) is 18.0 Å². The summed E-state index contributed by atoms with van der Waals surface area (Å²) in [5.41, 5.74) is 0.482. The number of nitrogens with zero attached hydrogens (tertiary/aromatic N) is 2. The summed E-state index contributed by atoms with van der Waals surface area (Å²) in [5.74, 6) is -1.03. The Bertz CT molecular complexity index is 1610. The summed E-state index contributed by atoms with van der Waals surface area (Å²) in [5, 5.41) is 0.137. The first-order chi connectivity index (χ1) is 16.7. The van der Waals surface area contributed by atoms with Crippen LogP contribution in [0.2, 0.25) is 5.02 Å². The third-order valence-corrected chi connectivity index (χ3v) is 8.18. The van der Waals surface area contributed by atoms with E-state index in [1.54, 1.807) is 22.8 Å². The van der Waals surface area contributed by atoms with Crippen molar-refractivity contribution in [1.29, 1.82) is 0 Å². The average molecular weight is 515 g/mol. The molecule has 35 heavy (non-hydrogen) atoms. The second-order valence-corrected chi connectivity index (χ2v) is 10.9. The minimum absolute atomic E-state index is 0.0649. The maximum absolute atomic E-state index is 15.2. The van der Waals surface area contributed by atoms with E-state index in [9.17, 15) is 17.6 Å². The summed E-state index contributed by atoms with van der Waals surface area (Å²) in [6.45, 7) is 1.47. The molecule has 0 spiro atoms. The van der Waals surface area contributed by atoms with Crippen LogP contribution in [0.3, 0.4) is 0 Å². The molecular weight excluding hydrogens is 494 g/mol. The van der Waals surface area contributed by atoms with Crippen LogP contribution in [-0.2, 0) is 16.4 Å². The number of fused-ring (bicyclic) bond motifs is 1.